The van der Waals surface area contributed by atoms with Crippen LogP contribution in [0.25, 0.3) is 5.82 Å². The van der Waals surface area contributed by atoms with Crippen molar-refractivity contribution in [2.75, 3.05) is 13.1 Å². The van der Waals surface area contributed by atoms with Crippen LogP contribution in [0.1, 0.15) is 35.6 Å². The standard InChI is InChI=1S/C19H22N6/c1-15-9-20-5-4-16(15)12-24-7-2-3-17(13-24)18-10-22-11-19(23-18)25-8-6-21-14-25/h4-6,8-11,14,17H,2-3,7,12-13H2,1H3/t17-/m0/s1. The van der Waals surface area contributed by atoms with Gasteiger partial charge in [0, 0.05) is 50.0 Å². The lowest BCUT2D eigenvalue weighted by atomic mass is 9.94. The molecule has 0 N–H and O–H groups in total. The van der Waals surface area contributed by atoms with E-state index in [1.54, 1.807) is 18.7 Å². The van der Waals surface area contributed by atoms with E-state index in [9.17, 15) is 0 Å². The third kappa shape index (κ3) is 3.58. The summed E-state index contributed by atoms with van der Waals surface area (Å²) in [5.41, 5.74) is 3.68. The minimum absolute atomic E-state index is 0.423. The molecule has 1 aliphatic heterocycles. The van der Waals surface area contributed by atoms with E-state index < -0.39 is 0 Å². The summed E-state index contributed by atoms with van der Waals surface area (Å²) < 4.78 is 1.90. The zero-order chi connectivity index (χ0) is 17.1. The van der Waals surface area contributed by atoms with Gasteiger partial charge in [0.1, 0.15) is 6.33 Å². The van der Waals surface area contributed by atoms with Crippen molar-refractivity contribution in [3.63, 3.8) is 0 Å². The minimum atomic E-state index is 0.423. The van der Waals surface area contributed by atoms with Gasteiger partial charge in [0.25, 0.3) is 0 Å². The van der Waals surface area contributed by atoms with Crippen molar-refractivity contribution in [1.82, 2.24) is 29.4 Å². The molecule has 3 aromatic heterocycles. The number of likely N-dealkylation sites (tertiary alicyclic amines) is 1. The Morgan fingerprint density at radius 1 is 1.12 bits per heavy atom. The number of rotatable bonds is 4. The van der Waals surface area contributed by atoms with Gasteiger partial charge in [0.05, 0.1) is 11.9 Å². The molecule has 4 heterocycles. The molecule has 1 fully saturated rings. The van der Waals surface area contributed by atoms with Crippen LogP contribution >= 0.6 is 0 Å². The van der Waals surface area contributed by atoms with Gasteiger partial charge in [0.15, 0.2) is 5.82 Å². The van der Waals surface area contributed by atoms with Gasteiger partial charge in [-0.2, -0.15) is 0 Å². The Balaban J connectivity index is 1.50. The highest BCUT2D eigenvalue weighted by molar-refractivity contribution is 5.23. The molecule has 0 aliphatic carbocycles. The maximum Gasteiger partial charge on any atom is 0.156 e. The predicted molar refractivity (Wildman–Crippen MR) is 95.4 cm³/mol. The molecule has 0 unspecified atom stereocenters. The molecule has 1 aliphatic rings. The molecule has 6 heteroatoms. The molecule has 6 nitrogen and oxygen atoms in total. The van der Waals surface area contributed by atoms with E-state index in [2.05, 4.69) is 32.8 Å². The average molecular weight is 334 g/mol. The molecule has 0 bridgehead atoms. The summed E-state index contributed by atoms with van der Waals surface area (Å²) in [4.78, 5) is 20.0. The summed E-state index contributed by atoms with van der Waals surface area (Å²) in [7, 11) is 0. The summed E-state index contributed by atoms with van der Waals surface area (Å²) in [5.74, 6) is 1.25. The van der Waals surface area contributed by atoms with Crippen molar-refractivity contribution in [1.29, 1.82) is 0 Å². The Hall–Kier alpha value is -2.60. The van der Waals surface area contributed by atoms with Gasteiger partial charge in [0.2, 0.25) is 0 Å². The van der Waals surface area contributed by atoms with Crippen LogP contribution in [-0.2, 0) is 6.54 Å². The van der Waals surface area contributed by atoms with E-state index in [1.165, 1.54) is 17.5 Å². The summed E-state index contributed by atoms with van der Waals surface area (Å²) in [6.07, 6.45) is 15.3. The van der Waals surface area contributed by atoms with E-state index in [-0.39, 0.29) is 0 Å². The first-order chi connectivity index (χ1) is 12.3. The van der Waals surface area contributed by atoms with Crippen molar-refractivity contribution in [2.45, 2.75) is 32.2 Å². The molecule has 25 heavy (non-hydrogen) atoms. The molecule has 4 rings (SSSR count). The molecular weight excluding hydrogens is 312 g/mol. The number of imidazole rings is 1. The first-order valence-corrected chi connectivity index (χ1v) is 8.72. The fraction of sp³-hybridized carbons (Fsp3) is 0.368. The predicted octanol–water partition coefficient (Wildman–Crippen LogP) is 2.75. The van der Waals surface area contributed by atoms with Crippen molar-refractivity contribution in [3.8, 4) is 5.82 Å². The highest BCUT2D eigenvalue weighted by Gasteiger charge is 2.23. The molecule has 0 radical (unpaired) electrons. The summed E-state index contributed by atoms with van der Waals surface area (Å²) in [6, 6.07) is 2.12. The Morgan fingerprint density at radius 3 is 2.92 bits per heavy atom. The summed E-state index contributed by atoms with van der Waals surface area (Å²) >= 11 is 0. The van der Waals surface area contributed by atoms with Crippen LogP contribution in [0.4, 0.5) is 0 Å². The fourth-order valence-electron chi connectivity index (χ4n) is 3.45. The van der Waals surface area contributed by atoms with Crippen LogP contribution in [0, 0.1) is 6.92 Å². The van der Waals surface area contributed by atoms with Crippen molar-refractivity contribution in [2.24, 2.45) is 0 Å². The molecule has 0 aromatic carbocycles. The third-order valence-corrected chi connectivity index (χ3v) is 4.86. The Bertz CT molecular complexity index is 829. The quantitative estimate of drug-likeness (QED) is 0.734. The van der Waals surface area contributed by atoms with E-state index in [0.717, 1.165) is 37.6 Å². The first kappa shape index (κ1) is 15.9. The molecule has 128 valence electrons. The molecule has 0 amide bonds. The van der Waals surface area contributed by atoms with E-state index in [0.29, 0.717) is 5.92 Å². The zero-order valence-electron chi connectivity index (χ0n) is 14.4. The maximum absolute atomic E-state index is 4.82. The van der Waals surface area contributed by atoms with E-state index >= 15 is 0 Å². The highest BCUT2D eigenvalue weighted by Crippen LogP contribution is 2.27. The van der Waals surface area contributed by atoms with Crippen molar-refractivity contribution < 1.29 is 0 Å². The summed E-state index contributed by atoms with van der Waals surface area (Å²) in [5, 5.41) is 0. The molecule has 3 aromatic rings. The topological polar surface area (TPSA) is 59.7 Å². The number of hydrogen-bond donors (Lipinski definition) is 0. The lowest BCUT2D eigenvalue weighted by Crippen LogP contribution is -2.34. The molecule has 1 saturated heterocycles. The van der Waals surface area contributed by atoms with Crippen LogP contribution in [-0.4, -0.2) is 42.5 Å². The second-order valence-corrected chi connectivity index (χ2v) is 6.65. The fourth-order valence-corrected chi connectivity index (χ4v) is 3.45. The smallest absolute Gasteiger partial charge is 0.156 e. The largest absolute Gasteiger partial charge is 0.298 e. The normalized spacial score (nSPS) is 18.4. The zero-order valence-corrected chi connectivity index (χ0v) is 14.4. The van der Waals surface area contributed by atoms with Gasteiger partial charge in [-0.1, -0.05) is 0 Å². The number of pyridine rings is 1. The molecule has 1 atom stereocenters. The highest BCUT2D eigenvalue weighted by atomic mass is 15.1. The Labute approximate surface area is 147 Å². The third-order valence-electron chi connectivity index (χ3n) is 4.86. The van der Waals surface area contributed by atoms with Gasteiger partial charge in [-0.25, -0.2) is 9.97 Å². The number of aromatic nitrogens is 5. The van der Waals surface area contributed by atoms with Crippen molar-refractivity contribution >= 4 is 0 Å². The lowest BCUT2D eigenvalue weighted by molar-refractivity contribution is 0.198. The molecule has 0 spiro atoms. The molecule has 0 saturated carbocycles. The van der Waals surface area contributed by atoms with Crippen LogP contribution in [0.15, 0.2) is 49.6 Å². The van der Waals surface area contributed by atoms with Gasteiger partial charge in [-0.3, -0.25) is 19.4 Å². The second kappa shape index (κ2) is 7.11. The SMILES string of the molecule is Cc1cnccc1CN1CCC[C@H](c2cncc(-n3ccnc3)n2)C1. The number of piperidine rings is 1. The second-order valence-electron chi connectivity index (χ2n) is 6.65. The average Bonchev–Trinajstić information content (AvgIpc) is 3.19. The monoisotopic (exact) mass is 334 g/mol. The lowest BCUT2D eigenvalue weighted by Gasteiger charge is -2.32. The van der Waals surface area contributed by atoms with E-state index in [4.69, 9.17) is 4.98 Å². The van der Waals surface area contributed by atoms with Gasteiger partial charge in [-0.15, -0.1) is 0 Å². The Kier molecular flexibility index (Phi) is 4.52. The minimum Gasteiger partial charge on any atom is -0.298 e. The molecular formula is C19H22N6. The summed E-state index contributed by atoms with van der Waals surface area (Å²) in [6.45, 7) is 5.25. The van der Waals surface area contributed by atoms with Gasteiger partial charge >= 0.3 is 0 Å². The van der Waals surface area contributed by atoms with Gasteiger partial charge in [-0.05, 0) is 43.5 Å². The maximum atomic E-state index is 4.82. The number of aryl methyl sites for hydroxylation is 1. The van der Waals surface area contributed by atoms with E-state index in [1.807, 2.05) is 29.4 Å². The van der Waals surface area contributed by atoms with Crippen LogP contribution < -0.4 is 0 Å². The number of hydrogen-bond acceptors (Lipinski definition) is 5. The Morgan fingerprint density at radius 2 is 2.08 bits per heavy atom. The van der Waals surface area contributed by atoms with Crippen LogP contribution in [0.3, 0.4) is 0 Å². The number of nitrogens with zero attached hydrogens (tertiary/aromatic N) is 6. The first-order valence-electron chi connectivity index (χ1n) is 8.72. The van der Waals surface area contributed by atoms with Crippen LogP contribution in [0.2, 0.25) is 0 Å². The van der Waals surface area contributed by atoms with Crippen molar-refractivity contribution in [3.05, 3.63) is 66.4 Å². The van der Waals surface area contributed by atoms with Crippen LogP contribution in [0.5, 0.6) is 0 Å². The van der Waals surface area contributed by atoms with Gasteiger partial charge < -0.3 is 0 Å².